The molecule has 0 aromatic carbocycles. The molecular weight excluding hydrogens is 560 g/mol. The standard InChI is InChI=1S/C44H76O2/c1-7-8-9-10-11-12-13-14-15-16-17-18-19-20-24-42(45)46-37-29-31-43(5)36(33-37)25-26-38-40-28-27-39(35(4)23-21-22-34(2)3)44(40,6)32-30-41(38)43/h20,24-25,34-35,37-41H,7-19,21-23,26-33H2,1-6H3/t35-,37?,38?,39-,40?,41?,43+,44-/m1/s1. The molecule has 0 radical (unpaired) electrons. The van der Waals surface area contributed by atoms with Crippen molar-refractivity contribution in [3.8, 4) is 0 Å². The van der Waals surface area contributed by atoms with E-state index in [-0.39, 0.29) is 12.1 Å². The molecule has 4 rings (SSSR count). The van der Waals surface area contributed by atoms with Crippen LogP contribution >= 0.6 is 0 Å². The summed E-state index contributed by atoms with van der Waals surface area (Å²) in [6, 6.07) is 0. The lowest BCUT2D eigenvalue weighted by Gasteiger charge is -2.58. The average Bonchev–Trinajstić information content (AvgIpc) is 3.38. The highest BCUT2D eigenvalue weighted by atomic mass is 16.5. The van der Waals surface area contributed by atoms with Gasteiger partial charge in [0.15, 0.2) is 0 Å². The molecule has 46 heavy (non-hydrogen) atoms. The van der Waals surface area contributed by atoms with Crippen LogP contribution in [0.15, 0.2) is 23.8 Å². The monoisotopic (exact) mass is 637 g/mol. The molecular formula is C44H76O2. The zero-order valence-corrected chi connectivity index (χ0v) is 31.6. The second kappa shape index (κ2) is 18.6. The zero-order chi connectivity index (χ0) is 33.0. The van der Waals surface area contributed by atoms with Crippen LogP contribution in [0, 0.1) is 46.3 Å². The maximum Gasteiger partial charge on any atom is 0.330 e. The molecule has 2 nitrogen and oxygen atoms in total. The van der Waals surface area contributed by atoms with E-state index >= 15 is 0 Å². The zero-order valence-electron chi connectivity index (χ0n) is 31.6. The Hall–Kier alpha value is -1.05. The van der Waals surface area contributed by atoms with Crippen LogP contribution in [0.25, 0.3) is 0 Å². The van der Waals surface area contributed by atoms with Crippen molar-refractivity contribution in [2.45, 2.75) is 202 Å². The van der Waals surface area contributed by atoms with Gasteiger partial charge < -0.3 is 4.74 Å². The Morgan fingerprint density at radius 3 is 2.17 bits per heavy atom. The summed E-state index contributed by atoms with van der Waals surface area (Å²) < 4.78 is 6.04. The Labute approximate surface area is 286 Å². The minimum Gasteiger partial charge on any atom is -0.459 e. The fourth-order valence-corrected chi connectivity index (χ4v) is 11.2. The summed E-state index contributed by atoms with van der Waals surface area (Å²) in [7, 11) is 0. The fourth-order valence-electron chi connectivity index (χ4n) is 11.2. The van der Waals surface area contributed by atoms with Gasteiger partial charge in [-0.05, 0) is 104 Å². The van der Waals surface area contributed by atoms with Crippen LogP contribution < -0.4 is 0 Å². The molecule has 4 aliphatic carbocycles. The van der Waals surface area contributed by atoms with E-state index in [1.165, 1.54) is 135 Å². The smallest absolute Gasteiger partial charge is 0.330 e. The van der Waals surface area contributed by atoms with Gasteiger partial charge in [-0.3, -0.25) is 0 Å². The first-order valence-electron chi connectivity index (χ1n) is 20.8. The maximum absolute atomic E-state index is 12.7. The van der Waals surface area contributed by atoms with Crippen LogP contribution in [-0.4, -0.2) is 12.1 Å². The third-order valence-electron chi connectivity index (χ3n) is 14.0. The van der Waals surface area contributed by atoms with E-state index in [4.69, 9.17) is 4.74 Å². The molecule has 0 amide bonds. The number of esters is 1. The van der Waals surface area contributed by atoms with Crippen molar-refractivity contribution in [2.75, 3.05) is 0 Å². The molecule has 0 bridgehead atoms. The van der Waals surface area contributed by atoms with Crippen LogP contribution in [-0.2, 0) is 9.53 Å². The number of hydrogen-bond acceptors (Lipinski definition) is 2. The lowest BCUT2D eigenvalue weighted by molar-refractivity contribution is -0.145. The number of carbonyl (C=O) groups excluding carboxylic acids is 1. The van der Waals surface area contributed by atoms with Gasteiger partial charge in [-0.1, -0.05) is 149 Å². The van der Waals surface area contributed by atoms with Gasteiger partial charge in [-0.15, -0.1) is 0 Å². The first kappa shape index (κ1) is 37.8. The number of fused-ring (bicyclic) bond motifs is 5. The molecule has 2 heteroatoms. The van der Waals surface area contributed by atoms with E-state index in [1.807, 2.05) is 0 Å². The van der Waals surface area contributed by atoms with Gasteiger partial charge in [0.05, 0.1) is 0 Å². The molecule has 264 valence electrons. The predicted octanol–water partition coefficient (Wildman–Crippen LogP) is 13.6. The van der Waals surface area contributed by atoms with Crippen molar-refractivity contribution >= 4 is 5.97 Å². The van der Waals surface area contributed by atoms with Gasteiger partial charge >= 0.3 is 5.97 Å². The van der Waals surface area contributed by atoms with Gasteiger partial charge in [0.1, 0.15) is 6.10 Å². The summed E-state index contributed by atoms with van der Waals surface area (Å²) >= 11 is 0. The molecule has 0 aromatic heterocycles. The summed E-state index contributed by atoms with van der Waals surface area (Å²) in [4.78, 5) is 12.7. The molecule has 4 aliphatic rings. The topological polar surface area (TPSA) is 26.3 Å². The van der Waals surface area contributed by atoms with Gasteiger partial charge in [0.25, 0.3) is 0 Å². The van der Waals surface area contributed by atoms with Crippen LogP contribution in [0.2, 0.25) is 0 Å². The van der Waals surface area contributed by atoms with Crippen LogP contribution in [0.5, 0.6) is 0 Å². The molecule has 0 aliphatic heterocycles. The minimum atomic E-state index is -0.116. The van der Waals surface area contributed by atoms with Gasteiger partial charge in [-0.25, -0.2) is 4.79 Å². The normalized spacial score (nSPS) is 33.0. The highest BCUT2D eigenvalue weighted by molar-refractivity contribution is 5.82. The number of hydrogen-bond donors (Lipinski definition) is 0. The number of carbonyl (C=O) groups is 1. The van der Waals surface area contributed by atoms with Crippen molar-refractivity contribution < 1.29 is 9.53 Å². The Balaban J connectivity index is 1.15. The summed E-state index contributed by atoms with van der Waals surface area (Å²) in [6.45, 7) is 14.9. The first-order chi connectivity index (χ1) is 22.2. The van der Waals surface area contributed by atoms with E-state index in [0.29, 0.717) is 10.8 Å². The van der Waals surface area contributed by atoms with Crippen LogP contribution in [0.3, 0.4) is 0 Å². The molecule has 3 fully saturated rings. The summed E-state index contributed by atoms with van der Waals surface area (Å²) in [6.07, 6.45) is 38.4. The van der Waals surface area contributed by atoms with Crippen molar-refractivity contribution in [1.29, 1.82) is 0 Å². The lowest BCUT2D eigenvalue weighted by atomic mass is 9.47. The Bertz CT molecular complexity index is 961. The van der Waals surface area contributed by atoms with E-state index in [2.05, 4.69) is 53.7 Å². The van der Waals surface area contributed by atoms with Crippen molar-refractivity contribution in [3.05, 3.63) is 23.8 Å². The molecule has 0 heterocycles. The van der Waals surface area contributed by atoms with Gasteiger partial charge in [-0.2, -0.15) is 0 Å². The highest BCUT2D eigenvalue weighted by Gasteiger charge is 2.59. The van der Waals surface area contributed by atoms with Crippen molar-refractivity contribution in [3.63, 3.8) is 0 Å². The van der Waals surface area contributed by atoms with Crippen molar-refractivity contribution in [2.24, 2.45) is 46.3 Å². The third kappa shape index (κ3) is 10.00. The number of rotatable bonds is 20. The second-order valence-electron chi connectivity index (χ2n) is 17.7. The molecule has 0 saturated heterocycles. The Kier molecular flexibility index (Phi) is 15.3. The number of unbranched alkanes of at least 4 members (excludes halogenated alkanes) is 12. The SMILES string of the molecule is CCCCCCCCCCCCCCC=CC(=O)OC1CC[C@@]2(C)C(=CCC3C2CC[C@@]2(C)C3CC[C@@H]2[C@H](C)CCCC(C)C)C1. The van der Waals surface area contributed by atoms with E-state index in [0.717, 1.165) is 54.8 Å². The van der Waals surface area contributed by atoms with E-state index in [9.17, 15) is 4.79 Å². The third-order valence-corrected chi connectivity index (χ3v) is 14.0. The molecule has 3 saturated carbocycles. The highest BCUT2D eigenvalue weighted by Crippen LogP contribution is 2.67. The molecule has 0 aromatic rings. The van der Waals surface area contributed by atoms with Crippen LogP contribution in [0.1, 0.15) is 196 Å². The predicted molar refractivity (Wildman–Crippen MR) is 198 cm³/mol. The fraction of sp³-hybridized carbons (Fsp3) is 0.886. The van der Waals surface area contributed by atoms with E-state index in [1.54, 1.807) is 11.6 Å². The average molecular weight is 637 g/mol. The maximum atomic E-state index is 12.7. The second-order valence-corrected chi connectivity index (χ2v) is 17.7. The Morgan fingerprint density at radius 1 is 0.826 bits per heavy atom. The lowest BCUT2D eigenvalue weighted by Crippen LogP contribution is -2.51. The number of allylic oxidation sites excluding steroid dienone is 2. The van der Waals surface area contributed by atoms with E-state index < -0.39 is 0 Å². The number of ether oxygens (including phenoxy) is 1. The summed E-state index contributed by atoms with van der Waals surface area (Å²) in [5.41, 5.74) is 2.49. The van der Waals surface area contributed by atoms with Gasteiger partial charge in [0, 0.05) is 12.5 Å². The quantitative estimate of drug-likeness (QED) is 0.0575. The molecule has 8 atom stereocenters. The van der Waals surface area contributed by atoms with Crippen LogP contribution in [0.4, 0.5) is 0 Å². The minimum absolute atomic E-state index is 0.0658. The summed E-state index contributed by atoms with van der Waals surface area (Å²) in [5, 5.41) is 0. The van der Waals surface area contributed by atoms with Crippen molar-refractivity contribution in [1.82, 2.24) is 0 Å². The molecule has 0 N–H and O–H groups in total. The first-order valence-corrected chi connectivity index (χ1v) is 20.8. The van der Waals surface area contributed by atoms with Gasteiger partial charge in [0.2, 0.25) is 0 Å². The summed E-state index contributed by atoms with van der Waals surface area (Å²) in [5.74, 6) is 5.11. The largest absolute Gasteiger partial charge is 0.459 e. The molecule has 0 spiro atoms. The molecule has 4 unspecified atom stereocenters. The Morgan fingerprint density at radius 2 is 1.50 bits per heavy atom.